The average molecular weight is 440 g/mol. The minimum atomic E-state index is -4.95. The third-order valence-corrected chi connectivity index (χ3v) is 3.88. The van der Waals surface area contributed by atoms with Crippen molar-refractivity contribution >= 4 is 11.3 Å². The van der Waals surface area contributed by atoms with Gasteiger partial charge < -0.3 is 10.1 Å². The van der Waals surface area contributed by atoms with E-state index < -0.39 is 34.9 Å². The Labute approximate surface area is 170 Å². The lowest BCUT2D eigenvalue weighted by atomic mass is 10.1. The molecule has 7 nitrogen and oxygen atoms in total. The molecule has 0 bridgehead atoms. The number of benzene rings is 2. The maximum Gasteiger partial charge on any atom is 0.416 e. The zero-order valence-corrected chi connectivity index (χ0v) is 15.4. The molecule has 1 heterocycles. The lowest BCUT2D eigenvalue weighted by Crippen LogP contribution is -2.07. The normalized spacial score (nSPS) is 11.9. The molecule has 0 amide bonds. The monoisotopic (exact) mass is 440 g/mol. The highest BCUT2D eigenvalue weighted by atomic mass is 19.4. The third-order valence-electron chi connectivity index (χ3n) is 3.88. The van der Waals surface area contributed by atoms with Crippen molar-refractivity contribution in [3.63, 3.8) is 0 Å². The fourth-order valence-corrected chi connectivity index (χ4v) is 2.38. The molecule has 0 spiro atoms. The summed E-state index contributed by atoms with van der Waals surface area (Å²) in [5.74, 6) is -5.39. The number of halogens is 6. The standard InChI is InChI=1S/C18H10F6N6O/c1-8-2-11(19)14(26-7-9(6-25)17-27-29-30-28-17)5-15(8)31-16-12(20)3-10(4-13(16)21)18(22,23)24/h2-5,7,26H,1H3,(H,27,28,29,30). The van der Waals surface area contributed by atoms with Crippen molar-refractivity contribution in [2.24, 2.45) is 0 Å². The largest absolute Gasteiger partial charge is 0.451 e. The Kier molecular flexibility index (Phi) is 5.82. The van der Waals surface area contributed by atoms with Gasteiger partial charge in [0.2, 0.25) is 5.82 Å². The number of aromatic amines is 1. The van der Waals surface area contributed by atoms with Gasteiger partial charge in [-0.05, 0) is 35.9 Å². The Morgan fingerprint density at radius 3 is 2.35 bits per heavy atom. The summed E-state index contributed by atoms with van der Waals surface area (Å²) in [6.45, 7) is 1.36. The van der Waals surface area contributed by atoms with Crippen LogP contribution in [0.4, 0.5) is 32.0 Å². The number of rotatable bonds is 5. The number of nitrogens with one attached hydrogen (secondary N) is 2. The molecule has 0 saturated carbocycles. The summed E-state index contributed by atoms with van der Waals surface area (Å²) in [5.41, 5.74) is -1.80. The van der Waals surface area contributed by atoms with Crippen LogP contribution in [0.1, 0.15) is 17.0 Å². The summed E-state index contributed by atoms with van der Waals surface area (Å²) >= 11 is 0. The van der Waals surface area contributed by atoms with Crippen LogP contribution in [0.3, 0.4) is 0 Å². The molecular formula is C18H10F6N6O. The second-order valence-electron chi connectivity index (χ2n) is 6.02. The molecule has 0 aliphatic rings. The summed E-state index contributed by atoms with van der Waals surface area (Å²) in [6.07, 6.45) is -3.89. The van der Waals surface area contributed by atoms with Gasteiger partial charge in [0.05, 0.1) is 11.3 Å². The van der Waals surface area contributed by atoms with Crippen LogP contribution in [0.15, 0.2) is 30.5 Å². The van der Waals surface area contributed by atoms with Gasteiger partial charge in [0, 0.05) is 12.3 Å². The van der Waals surface area contributed by atoms with Crippen molar-refractivity contribution in [1.82, 2.24) is 20.6 Å². The van der Waals surface area contributed by atoms with Crippen molar-refractivity contribution in [3.8, 4) is 17.6 Å². The minimum absolute atomic E-state index is 0.0760. The van der Waals surface area contributed by atoms with E-state index in [0.717, 1.165) is 18.3 Å². The van der Waals surface area contributed by atoms with E-state index in [1.807, 2.05) is 0 Å². The lowest BCUT2D eigenvalue weighted by Gasteiger charge is -2.14. The number of aromatic nitrogens is 4. The molecule has 3 rings (SSSR count). The number of aryl methyl sites for hydroxylation is 1. The van der Waals surface area contributed by atoms with Crippen LogP contribution in [0.2, 0.25) is 0 Å². The number of allylic oxidation sites excluding steroid dienone is 1. The highest BCUT2D eigenvalue weighted by Crippen LogP contribution is 2.37. The maximum atomic E-state index is 14.3. The molecule has 0 aliphatic heterocycles. The van der Waals surface area contributed by atoms with Crippen molar-refractivity contribution in [1.29, 1.82) is 5.26 Å². The Morgan fingerprint density at radius 2 is 1.81 bits per heavy atom. The first-order valence-electron chi connectivity index (χ1n) is 8.25. The molecule has 0 radical (unpaired) electrons. The predicted octanol–water partition coefficient (Wildman–Crippen LogP) is 4.71. The summed E-state index contributed by atoms with van der Waals surface area (Å²) < 4.78 is 85.5. The number of nitriles is 1. The molecule has 0 saturated heterocycles. The molecule has 0 fully saturated rings. The van der Waals surface area contributed by atoms with E-state index >= 15 is 0 Å². The van der Waals surface area contributed by atoms with Crippen molar-refractivity contribution in [2.45, 2.75) is 13.1 Å². The first-order chi connectivity index (χ1) is 14.6. The smallest absolute Gasteiger partial charge is 0.416 e. The average Bonchev–Trinajstić information content (AvgIpc) is 3.21. The number of tetrazole rings is 1. The zero-order valence-electron chi connectivity index (χ0n) is 15.4. The summed E-state index contributed by atoms with van der Waals surface area (Å²) in [7, 11) is 0. The molecule has 31 heavy (non-hydrogen) atoms. The number of alkyl halides is 3. The number of ether oxygens (including phenoxy) is 1. The van der Waals surface area contributed by atoms with Crippen molar-refractivity contribution < 1.29 is 31.1 Å². The third kappa shape index (κ3) is 4.74. The number of hydrogen-bond acceptors (Lipinski definition) is 6. The van der Waals surface area contributed by atoms with E-state index in [1.54, 1.807) is 6.07 Å². The molecule has 3 aromatic rings. The van der Waals surface area contributed by atoms with E-state index in [0.29, 0.717) is 0 Å². The van der Waals surface area contributed by atoms with Gasteiger partial charge in [-0.1, -0.05) is 0 Å². The van der Waals surface area contributed by atoms with E-state index in [4.69, 9.17) is 10.00 Å². The van der Waals surface area contributed by atoms with Crippen LogP contribution in [0, 0.1) is 35.7 Å². The van der Waals surface area contributed by atoms with Gasteiger partial charge in [-0.3, -0.25) is 0 Å². The highest BCUT2D eigenvalue weighted by Gasteiger charge is 2.33. The fourth-order valence-electron chi connectivity index (χ4n) is 2.38. The van der Waals surface area contributed by atoms with E-state index in [1.165, 1.54) is 6.92 Å². The van der Waals surface area contributed by atoms with Crippen LogP contribution < -0.4 is 10.1 Å². The van der Waals surface area contributed by atoms with Crippen LogP contribution >= 0.6 is 0 Å². The van der Waals surface area contributed by atoms with Gasteiger partial charge in [-0.15, -0.1) is 10.2 Å². The van der Waals surface area contributed by atoms with Crippen LogP contribution in [0.5, 0.6) is 11.5 Å². The Bertz CT molecular complexity index is 1160. The van der Waals surface area contributed by atoms with Crippen molar-refractivity contribution in [2.75, 3.05) is 5.32 Å². The Morgan fingerprint density at radius 1 is 1.13 bits per heavy atom. The van der Waals surface area contributed by atoms with Crippen LogP contribution in [-0.2, 0) is 6.18 Å². The molecule has 1 aromatic heterocycles. The Balaban J connectivity index is 1.93. The summed E-state index contributed by atoms with van der Waals surface area (Å²) in [5, 5.41) is 24.2. The topological polar surface area (TPSA) is 99.5 Å². The van der Waals surface area contributed by atoms with Gasteiger partial charge in [-0.2, -0.15) is 23.6 Å². The summed E-state index contributed by atoms with van der Waals surface area (Å²) in [4.78, 5) is 0. The molecule has 0 atom stereocenters. The van der Waals surface area contributed by atoms with E-state index in [9.17, 15) is 26.3 Å². The first kappa shape index (κ1) is 21.6. The van der Waals surface area contributed by atoms with Gasteiger partial charge >= 0.3 is 6.18 Å². The molecule has 0 unspecified atom stereocenters. The first-order valence-corrected chi connectivity index (χ1v) is 8.25. The minimum Gasteiger partial charge on any atom is -0.451 e. The summed E-state index contributed by atoms with van der Waals surface area (Å²) in [6, 6.07) is 3.92. The molecule has 0 aliphatic carbocycles. The molecule has 13 heteroatoms. The molecule has 2 N–H and O–H groups in total. The van der Waals surface area contributed by atoms with Gasteiger partial charge in [0.25, 0.3) is 0 Å². The fraction of sp³-hybridized carbons (Fsp3) is 0.111. The SMILES string of the molecule is Cc1cc(F)c(NC=C(C#N)c2nn[nH]n2)cc1Oc1c(F)cc(C(F)(F)F)cc1F. The molecule has 160 valence electrons. The van der Waals surface area contributed by atoms with E-state index in [-0.39, 0.29) is 40.5 Å². The number of hydrogen-bond donors (Lipinski definition) is 2. The molecular weight excluding hydrogens is 430 g/mol. The number of anilines is 1. The number of H-pyrrole nitrogens is 1. The van der Waals surface area contributed by atoms with Crippen LogP contribution in [-0.4, -0.2) is 20.6 Å². The van der Waals surface area contributed by atoms with Crippen LogP contribution in [0.25, 0.3) is 5.57 Å². The second kappa shape index (κ2) is 8.34. The van der Waals surface area contributed by atoms with Gasteiger partial charge in [0.15, 0.2) is 17.4 Å². The van der Waals surface area contributed by atoms with Crippen molar-refractivity contribution in [3.05, 3.63) is 64.9 Å². The molecule has 2 aromatic carbocycles. The predicted molar refractivity (Wildman–Crippen MR) is 94.0 cm³/mol. The van der Waals surface area contributed by atoms with E-state index in [2.05, 4.69) is 25.9 Å². The van der Waals surface area contributed by atoms with Gasteiger partial charge in [-0.25, -0.2) is 13.2 Å². The lowest BCUT2D eigenvalue weighted by molar-refractivity contribution is -0.138. The van der Waals surface area contributed by atoms with Gasteiger partial charge in [0.1, 0.15) is 23.2 Å². The Hall–Kier alpha value is -4.08. The highest BCUT2D eigenvalue weighted by molar-refractivity contribution is 5.74. The second-order valence-corrected chi connectivity index (χ2v) is 6.02. The zero-order chi connectivity index (χ0) is 22.8. The number of nitrogens with zero attached hydrogens (tertiary/aromatic N) is 4. The quantitative estimate of drug-likeness (QED) is 0.440. The maximum absolute atomic E-state index is 14.3.